The van der Waals surface area contributed by atoms with Gasteiger partial charge in [-0.05, 0) is 19.1 Å². The Labute approximate surface area is 93.8 Å². The van der Waals surface area contributed by atoms with E-state index in [4.69, 9.17) is 4.74 Å². The lowest BCUT2D eigenvalue weighted by Gasteiger charge is -2.02. The highest BCUT2D eigenvalue weighted by Gasteiger charge is 2.09. The van der Waals surface area contributed by atoms with Crippen LogP contribution in [-0.4, -0.2) is 24.5 Å². The number of rotatable bonds is 2. The van der Waals surface area contributed by atoms with Crippen molar-refractivity contribution in [2.24, 2.45) is 0 Å². The molecule has 4 heteroatoms. The quantitative estimate of drug-likeness (QED) is 0.832. The van der Waals surface area contributed by atoms with E-state index in [0.29, 0.717) is 5.56 Å². The van der Waals surface area contributed by atoms with Crippen molar-refractivity contribution < 1.29 is 9.53 Å². The number of aryl methyl sites for hydroxylation is 1. The largest absolute Gasteiger partial charge is 0.494 e. The van der Waals surface area contributed by atoms with Crippen molar-refractivity contribution in [1.82, 2.24) is 9.72 Å². The summed E-state index contributed by atoms with van der Waals surface area (Å²) < 4.78 is 7.21. The van der Waals surface area contributed by atoms with Crippen molar-refractivity contribution >= 4 is 11.4 Å². The summed E-state index contributed by atoms with van der Waals surface area (Å²) in [5.41, 5.74) is 2.65. The molecular weight excluding hydrogens is 204 g/mol. The second kappa shape index (κ2) is 3.89. The number of amides is 1. The molecular formula is C12H14N2O2. The number of nitrogens with zero attached hydrogens (tertiary/aromatic N) is 1. The highest BCUT2D eigenvalue weighted by atomic mass is 16.5. The van der Waals surface area contributed by atoms with Crippen LogP contribution in [0.25, 0.3) is 5.52 Å². The zero-order chi connectivity index (χ0) is 11.7. The predicted octanol–water partition coefficient (Wildman–Crippen LogP) is 1.62. The Hall–Kier alpha value is -1.97. The Morgan fingerprint density at radius 3 is 2.75 bits per heavy atom. The molecule has 1 N–H and O–H groups in total. The Kier molecular flexibility index (Phi) is 2.56. The lowest BCUT2D eigenvalue weighted by Crippen LogP contribution is -2.18. The van der Waals surface area contributed by atoms with Crippen LogP contribution in [0.3, 0.4) is 0 Å². The zero-order valence-electron chi connectivity index (χ0n) is 9.57. The maximum atomic E-state index is 11.5. The number of fused-ring (bicyclic) bond motifs is 1. The Bertz CT molecular complexity index is 543. The van der Waals surface area contributed by atoms with Gasteiger partial charge in [0.15, 0.2) is 0 Å². The van der Waals surface area contributed by atoms with Gasteiger partial charge < -0.3 is 14.5 Å². The Balaban J connectivity index is 2.60. The molecule has 0 radical (unpaired) electrons. The molecule has 0 saturated heterocycles. The summed E-state index contributed by atoms with van der Waals surface area (Å²) in [5.74, 6) is 0.760. The van der Waals surface area contributed by atoms with Crippen LogP contribution >= 0.6 is 0 Å². The fourth-order valence-electron chi connectivity index (χ4n) is 1.83. The molecule has 4 nitrogen and oxygen atoms in total. The van der Waals surface area contributed by atoms with E-state index < -0.39 is 0 Å². The minimum absolute atomic E-state index is 0.0905. The van der Waals surface area contributed by atoms with Gasteiger partial charge >= 0.3 is 0 Å². The van der Waals surface area contributed by atoms with Crippen LogP contribution in [0.5, 0.6) is 5.75 Å². The summed E-state index contributed by atoms with van der Waals surface area (Å²) in [7, 11) is 3.27. The number of ether oxygens (including phenoxy) is 1. The van der Waals surface area contributed by atoms with E-state index in [1.165, 1.54) is 0 Å². The molecule has 2 aromatic heterocycles. The van der Waals surface area contributed by atoms with Crippen LogP contribution < -0.4 is 10.1 Å². The fourth-order valence-corrected chi connectivity index (χ4v) is 1.83. The topological polar surface area (TPSA) is 42.7 Å². The van der Waals surface area contributed by atoms with Crippen LogP contribution in [0, 0.1) is 6.92 Å². The molecule has 0 bridgehead atoms. The number of hydrogen-bond donors (Lipinski definition) is 1. The van der Waals surface area contributed by atoms with E-state index >= 15 is 0 Å². The first-order chi connectivity index (χ1) is 7.67. The third-order valence-corrected chi connectivity index (χ3v) is 2.59. The van der Waals surface area contributed by atoms with Crippen molar-refractivity contribution in [2.75, 3.05) is 14.2 Å². The van der Waals surface area contributed by atoms with Crippen LogP contribution in [0.4, 0.5) is 0 Å². The third kappa shape index (κ3) is 1.52. The number of aromatic nitrogens is 1. The van der Waals surface area contributed by atoms with Gasteiger partial charge in [0, 0.05) is 25.0 Å². The smallest absolute Gasteiger partial charge is 0.252 e. The second-order valence-corrected chi connectivity index (χ2v) is 3.63. The molecule has 2 rings (SSSR count). The van der Waals surface area contributed by atoms with Crippen molar-refractivity contribution in [2.45, 2.75) is 6.92 Å². The molecule has 0 aromatic carbocycles. The van der Waals surface area contributed by atoms with Gasteiger partial charge in [0.1, 0.15) is 5.75 Å². The molecule has 2 heterocycles. The average molecular weight is 218 g/mol. The first-order valence-electron chi connectivity index (χ1n) is 5.04. The maximum absolute atomic E-state index is 11.5. The number of methoxy groups -OCH3 is 1. The van der Waals surface area contributed by atoms with Gasteiger partial charge in [0.2, 0.25) is 0 Å². The van der Waals surface area contributed by atoms with Crippen LogP contribution in [-0.2, 0) is 0 Å². The molecule has 0 unspecified atom stereocenters. The summed E-state index contributed by atoms with van der Waals surface area (Å²) in [4.78, 5) is 11.5. The number of carbonyl (C=O) groups excluding carboxylic acids is 1. The summed E-state index contributed by atoms with van der Waals surface area (Å²) in [6, 6.07) is 3.67. The van der Waals surface area contributed by atoms with Gasteiger partial charge in [-0.15, -0.1) is 0 Å². The summed E-state index contributed by atoms with van der Waals surface area (Å²) in [6.45, 7) is 1.98. The predicted molar refractivity (Wildman–Crippen MR) is 62.1 cm³/mol. The first kappa shape index (κ1) is 10.5. The van der Waals surface area contributed by atoms with Crippen molar-refractivity contribution in [3.8, 4) is 5.75 Å². The summed E-state index contributed by atoms with van der Waals surface area (Å²) in [6.07, 6.45) is 3.74. The normalized spacial score (nSPS) is 10.4. The molecule has 0 aliphatic rings. The van der Waals surface area contributed by atoms with Crippen LogP contribution in [0.15, 0.2) is 24.5 Å². The minimum atomic E-state index is -0.0905. The van der Waals surface area contributed by atoms with E-state index in [1.54, 1.807) is 26.4 Å². The monoisotopic (exact) mass is 218 g/mol. The van der Waals surface area contributed by atoms with E-state index in [9.17, 15) is 4.79 Å². The molecule has 0 aliphatic carbocycles. The maximum Gasteiger partial charge on any atom is 0.252 e. The standard InChI is InChI=1S/C12H14N2O2/c1-8-6-14-7-9(12(15)13-2)4-5-10(14)11(8)16-3/h4-7H,1-3H3,(H,13,15). The van der Waals surface area contributed by atoms with Crippen molar-refractivity contribution in [3.05, 3.63) is 35.7 Å². The number of carbonyl (C=O) groups is 1. The molecule has 1 amide bonds. The number of hydrogen-bond acceptors (Lipinski definition) is 2. The van der Waals surface area contributed by atoms with Gasteiger partial charge in [0.25, 0.3) is 5.91 Å². The highest BCUT2D eigenvalue weighted by Crippen LogP contribution is 2.26. The van der Waals surface area contributed by atoms with Crippen molar-refractivity contribution in [3.63, 3.8) is 0 Å². The second-order valence-electron chi connectivity index (χ2n) is 3.63. The van der Waals surface area contributed by atoms with Crippen LogP contribution in [0.2, 0.25) is 0 Å². The molecule has 16 heavy (non-hydrogen) atoms. The Morgan fingerprint density at radius 1 is 1.38 bits per heavy atom. The first-order valence-corrected chi connectivity index (χ1v) is 5.04. The van der Waals surface area contributed by atoms with E-state index in [1.807, 2.05) is 23.6 Å². The van der Waals surface area contributed by atoms with Gasteiger partial charge in [-0.1, -0.05) is 0 Å². The summed E-state index contributed by atoms with van der Waals surface area (Å²) in [5, 5.41) is 2.60. The highest BCUT2D eigenvalue weighted by molar-refractivity contribution is 5.94. The molecule has 0 fully saturated rings. The number of pyridine rings is 1. The van der Waals surface area contributed by atoms with Gasteiger partial charge in [-0.3, -0.25) is 4.79 Å². The lowest BCUT2D eigenvalue weighted by atomic mass is 10.2. The lowest BCUT2D eigenvalue weighted by molar-refractivity contribution is 0.0962. The van der Waals surface area contributed by atoms with E-state index in [2.05, 4.69) is 5.32 Å². The zero-order valence-corrected chi connectivity index (χ0v) is 9.57. The SMILES string of the molecule is CNC(=O)c1ccc2c(OC)c(C)cn2c1. The van der Waals surface area contributed by atoms with E-state index in [0.717, 1.165) is 16.8 Å². The molecule has 0 spiro atoms. The number of nitrogens with one attached hydrogen (secondary N) is 1. The fraction of sp³-hybridized carbons (Fsp3) is 0.250. The van der Waals surface area contributed by atoms with Crippen LogP contribution in [0.1, 0.15) is 15.9 Å². The van der Waals surface area contributed by atoms with Crippen molar-refractivity contribution in [1.29, 1.82) is 0 Å². The summed E-state index contributed by atoms with van der Waals surface area (Å²) >= 11 is 0. The van der Waals surface area contributed by atoms with Gasteiger partial charge in [-0.25, -0.2) is 0 Å². The Morgan fingerprint density at radius 2 is 2.12 bits per heavy atom. The molecule has 0 saturated carbocycles. The molecule has 0 aliphatic heterocycles. The molecule has 2 aromatic rings. The van der Waals surface area contributed by atoms with Gasteiger partial charge in [0.05, 0.1) is 18.2 Å². The van der Waals surface area contributed by atoms with E-state index in [-0.39, 0.29) is 5.91 Å². The minimum Gasteiger partial charge on any atom is -0.494 e. The average Bonchev–Trinajstić information content (AvgIpc) is 2.62. The van der Waals surface area contributed by atoms with Gasteiger partial charge in [-0.2, -0.15) is 0 Å². The molecule has 84 valence electrons. The third-order valence-electron chi connectivity index (χ3n) is 2.59. The molecule has 0 atom stereocenters.